The quantitative estimate of drug-likeness (QED) is 0.867. The number of hydrogen-bond donors (Lipinski definition) is 1. The van der Waals surface area contributed by atoms with Gasteiger partial charge in [-0.2, -0.15) is 0 Å². The standard InChI is InChI=1S/C13H12FNO2S/c14-13-10(5-4-8-12(13)15)9-18(16,17)11-6-2-1-3-7-11/h1-8H,9,15H2. The molecule has 0 aliphatic carbocycles. The van der Waals surface area contributed by atoms with E-state index in [1.54, 1.807) is 18.2 Å². The third-order valence-electron chi connectivity index (χ3n) is 2.56. The van der Waals surface area contributed by atoms with Gasteiger partial charge in [-0.05, 0) is 18.2 Å². The van der Waals surface area contributed by atoms with E-state index >= 15 is 0 Å². The topological polar surface area (TPSA) is 60.2 Å². The minimum atomic E-state index is -3.55. The minimum Gasteiger partial charge on any atom is -0.396 e. The van der Waals surface area contributed by atoms with Crippen LogP contribution in [0, 0.1) is 5.82 Å². The van der Waals surface area contributed by atoms with Gasteiger partial charge >= 0.3 is 0 Å². The van der Waals surface area contributed by atoms with Crippen LogP contribution in [0.15, 0.2) is 53.4 Å². The van der Waals surface area contributed by atoms with E-state index in [-0.39, 0.29) is 16.1 Å². The van der Waals surface area contributed by atoms with Crippen molar-refractivity contribution in [2.45, 2.75) is 10.6 Å². The summed E-state index contributed by atoms with van der Waals surface area (Å²) in [6, 6.07) is 12.3. The molecule has 0 radical (unpaired) electrons. The number of hydrogen-bond acceptors (Lipinski definition) is 3. The monoisotopic (exact) mass is 265 g/mol. The van der Waals surface area contributed by atoms with Gasteiger partial charge in [0.2, 0.25) is 0 Å². The number of halogens is 1. The van der Waals surface area contributed by atoms with Crippen molar-refractivity contribution >= 4 is 15.5 Å². The summed E-state index contributed by atoms with van der Waals surface area (Å²) < 4.78 is 37.8. The van der Waals surface area contributed by atoms with Crippen molar-refractivity contribution in [3.8, 4) is 0 Å². The Morgan fingerprint density at radius 3 is 2.33 bits per heavy atom. The van der Waals surface area contributed by atoms with Crippen LogP contribution in [0.2, 0.25) is 0 Å². The molecule has 0 saturated heterocycles. The Bertz CT molecular complexity index is 654. The van der Waals surface area contributed by atoms with Crippen LogP contribution in [0.5, 0.6) is 0 Å². The first-order chi connectivity index (χ1) is 8.50. The Balaban J connectivity index is 2.37. The lowest BCUT2D eigenvalue weighted by atomic mass is 10.2. The first-order valence-electron chi connectivity index (χ1n) is 5.31. The maximum Gasteiger partial charge on any atom is 0.182 e. The van der Waals surface area contributed by atoms with Gasteiger partial charge in [0.1, 0.15) is 5.82 Å². The van der Waals surface area contributed by atoms with Crippen LogP contribution in [0.4, 0.5) is 10.1 Å². The maximum atomic E-state index is 13.7. The number of benzene rings is 2. The molecule has 2 aromatic carbocycles. The molecule has 2 aromatic rings. The molecule has 0 unspecified atom stereocenters. The fourth-order valence-corrected chi connectivity index (χ4v) is 3.00. The molecule has 0 aliphatic rings. The van der Waals surface area contributed by atoms with Gasteiger partial charge in [0, 0.05) is 5.56 Å². The van der Waals surface area contributed by atoms with Crippen molar-refractivity contribution in [1.82, 2.24) is 0 Å². The molecule has 2 rings (SSSR count). The van der Waals surface area contributed by atoms with Gasteiger partial charge < -0.3 is 5.73 Å². The number of nitrogens with two attached hydrogens (primary N) is 1. The highest BCUT2D eigenvalue weighted by atomic mass is 32.2. The molecule has 0 aromatic heterocycles. The first-order valence-corrected chi connectivity index (χ1v) is 6.96. The van der Waals surface area contributed by atoms with E-state index in [4.69, 9.17) is 5.73 Å². The molecular weight excluding hydrogens is 253 g/mol. The third-order valence-corrected chi connectivity index (χ3v) is 4.24. The predicted molar refractivity (Wildman–Crippen MR) is 68.1 cm³/mol. The number of rotatable bonds is 3. The second kappa shape index (κ2) is 4.78. The highest BCUT2D eigenvalue weighted by Crippen LogP contribution is 2.21. The molecule has 0 bridgehead atoms. The first kappa shape index (κ1) is 12.6. The maximum absolute atomic E-state index is 13.7. The van der Waals surface area contributed by atoms with Crippen LogP contribution in [0.3, 0.4) is 0 Å². The SMILES string of the molecule is Nc1cccc(CS(=O)(=O)c2ccccc2)c1F. The zero-order valence-electron chi connectivity index (χ0n) is 9.51. The molecule has 0 heterocycles. The Labute approximate surface area is 105 Å². The zero-order valence-corrected chi connectivity index (χ0v) is 10.3. The van der Waals surface area contributed by atoms with Crippen LogP contribution in [0.25, 0.3) is 0 Å². The lowest BCUT2D eigenvalue weighted by molar-refractivity contribution is 0.588. The molecular formula is C13H12FNO2S. The molecule has 94 valence electrons. The molecule has 0 saturated carbocycles. The molecule has 0 spiro atoms. The van der Waals surface area contributed by atoms with E-state index < -0.39 is 21.4 Å². The van der Waals surface area contributed by atoms with Crippen molar-refractivity contribution in [1.29, 1.82) is 0 Å². The Kier molecular flexibility index (Phi) is 3.34. The number of sulfone groups is 1. The molecule has 0 aliphatic heterocycles. The minimum absolute atomic E-state index is 0.0456. The van der Waals surface area contributed by atoms with Crippen molar-refractivity contribution in [2.75, 3.05) is 5.73 Å². The number of anilines is 1. The van der Waals surface area contributed by atoms with Crippen LogP contribution < -0.4 is 5.73 Å². The van der Waals surface area contributed by atoms with Gasteiger partial charge in [0.25, 0.3) is 0 Å². The highest BCUT2D eigenvalue weighted by molar-refractivity contribution is 7.90. The summed E-state index contributed by atoms with van der Waals surface area (Å²) in [5, 5.41) is 0. The summed E-state index contributed by atoms with van der Waals surface area (Å²) in [6.07, 6.45) is 0. The Morgan fingerprint density at radius 1 is 1.00 bits per heavy atom. The fourth-order valence-electron chi connectivity index (χ4n) is 1.63. The van der Waals surface area contributed by atoms with Crippen molar-refractivity contribution < 1.29 is 12.8 Å². The Hall–Kier alpha value is -1.88. The average molecular weight is 265 g/mol. The van der Waals surface area contributed by atoms with Gasteiger partial charge in [-0.25, -0.2) is 12.8 Å². The summed E-state index contributed by atoms with van der Waals surface area (Å²) in [6.45, 7) is 0. The van der Waals surface area contributed by atoms with Crippen LogP contribution in [-0.4, -0.2) is 8.42 Å². The zero-order chi connectivity index (χ0) is 13.2. The molecule has 18 heavy (non-hydrogen) atoms. The van der Waals surface area contributed by atoms with Crippen molar-refractivity contribution in [3.05, 3.63) is 59.9 Å². The fraction of sp³-hybridized carbons (Fsp3) is 0.0769. The molecule has 0 fully saturated rings. The molecule has 3 nitrogen and oxygen atoms in total. The largest absolute Gasteiger partial charge is 0.396 e. The lowest BCUT2D eigenvalue weighted by Crippen LogP contribution is -2.07. The van der Waals surface area contributed by atoms with Gasteiger partial charge in [-0.3, -0.25) is 0 Å². The summed E-state index contributed by atoms with van der Waals surface area (Å²) in [4.78, 5) is 0.173. The molecule has 0 amide bonds. The molecule has 5 heteroatoms. The smallest absolute Gasteiger partial charge is 0.182 e. The van der Waals surface area contributed by atoms with Crippen LogP contribution in [0.1, 0.15) is 5.56 Å². The average Bonchev–Trinajstić information content (AvgIpc) is 2.36. The summed E-state index contributed by atoms with van der Waals surface area (Å²) in [5.74, 6) is -1.06. The van der Waals surface area contributed by atoms with Crippen molar-refractivity contribution in [2.24, 2.45) is 0 Å². The summed E-state index contributed by atoms with van der Waals surface area (Å²) >= 11 is 0. The molecule has 0 atom stereocenters. The summed E-state index contributed by atoms with van der Waals surface area (Å²) in [5.41, 5.74) is 5.45. The van der Waals surface area contributed by atoms with E-state index in [0.29, 0.717) is 0 Å². The Morgan fingerprint density at radius 2 is 1.67 bits per heavy atom. The number of nitrogen functional groups attached to an aromatic ring is 1. The molecule has 2 N–H and O–H groups in total. The highest BCUT2D eigenvalue weighted by Gasteiger charge is 2.17. The second-order valence-electron chi connectivity index (χ2n) is 3.89. The van der Waals surface area contributed by atoms with Crippen LogP contribution >= 0.6 is 0 Å². The van der Waals surface area contributed by atoms with Gasteiger partial charge in [-0.15, -0.1) is 0 Å². The van der Waals surface area contributed by atoms with E-state index in [1.807, 2.05) is 0 Å². The van der Waals surface area contributed by atoms with E-state index in [0.717, 1.165) is 0 Å². The van der Waals surface area contributed by atoms with E-state index in [2.05, 4.69) is 0 Å². The second-order valence-corrected chi connectivity index (χ2v) is 5.88. The predicted octanol–water partition coefficient (Wildman–Crippen LogP) is 2.38. The van der Waals surface area contributed by atoms with Crippen molar-refractivity contribution in [3.63, 3.8) is 0 Å². The van der Waals surface area contributed by atoms with E-state index in [9.17, 15) is 12.8 Å². The normalized spacial score (nSPS) is 11.4. The van der Waals surface area contributed by atoms with Gasteiger partial charge in [-0.1, -0.05) is 30.3 Å². The van der Waals surface area contributed by atoms with Gasteiger partial charge in [0.05, 0.1) is 16.3 Å². The summed E-state index contributed by atoms with van der Waals surface area (Å²) in [7, 11) is -3.55. The van der Waals surface area contributed by atoms with Gasteiger partial charge in [0.15, 0.2) is 9.84 Å². The lowest BCUT2D eigenvalue weighted by Gasteiger charge is -2.07. The van der Waals surface area contributed by atoms with E-state index in [1.165, 1.54) is 30.3 Å². The van der Waals surface area contributed by atoms with Crippen LogP contribution in [-0.2, 0) is 15.6 Å². The third kappa shape index (κ3) is 2.51.